The molecule has 0 fully saturated rings. The maximum atomic E-state index is 13.5. The molecule has 0 aliphatic heterocycles. The Balaban J connectivity index is 2.51. The van der Waals surface area contributed by atoms with Gasteiger partial charge in [0.1, 0.15) is 0 Å². The molecule has 0 aromatic heterocycles. The molecule has 0 aliphatic carbocycles. The van der Waals surface area contributed by atoms with Crippen molar-refractivity contribution in [2.24, 2.45) is 5.92 Å². The first-order valence-corrected chi connectivity index (χ1v) is 6.52. The standard InChI is InChI=1S/C13H16ClFN2O3/c1-2-8(6-11(18)19)7-16-13(20)17-10-5-3-4-9(14)12(10)15/h3-5,8H,2,6-7H2,1H3,(H,18,19)(H2,16,17,20). The Morgan fingerprint density at radius 1 is 1.45 bits per heavy atom. The Hall–Kier alpha value is -1.82. The summed E-state index contributed by atoms with van der Waals surface area (Å²) in [7, 11) is 0. The minimum atomic E-state index is -0.917. The van der Waals surface area contributed by atoms with E-state index in [9.17, 15) is 14.0 Å². The van der Waals surface area contributed by atoms with Crippen LogP contribution in [0.2, 0.25) is 5.02 Å². The van der Waals surface area contributed by atoms with Gasteiger partial charge in [0.25, 0.3) is 0 Å². The number of rotatable bonds is 6. The number of halogens is 2. The van der Waals surface area contributed by atoms with Crippen LogP contribution in [0.1, 0.15) is 19.8 Å². The van der Waals surface area contributed by atoms with Gasteiger partial charge in [0.05, 0.1) is 10.7 Å². The van der Waals surface area contributed by atoms with E-state index in [0.29, 0.717) is 6.42 Å². The van der Waals surface area contributed by atoms with E-state index in [4.69, 9.17) is 16.7 Å². The summed E-state index contributed by atoms with van der Waals surface area (Å²) in [5.74, 6) is -1.79. The van der Waals surface area contributed by atoms with Crippen molar-refractivity contribution < 1.29 is 19.1 Å². The number of nitrogens with one attached hydrogen (secondary N) is 2. The second-order valence-electron chi connectivity index (χ2n) is 4.31. The first kappa shape index (κ1) is 16.2. The molecule has 0 aliphatic rings. The lowest BCUT2D eigenvalue weighted by Gasteiger charge is -2.14. The third-order valence-electron chi connectivity index (χ3n) is 2.79. The largest absolute Gasteiger partial charge is 0.481 e. The molecule has 1 aromatic rings. The second-order valence-corrected chi connectivity index (χ2v) is 4.72. The molecule has 3 N–H and O–H groups in total. The van der Waals surface area contributed by atoms with Gasteiger partial charge in [-0.25, -0.2) is 9.18 Å². The molecule has 0 radical (unpaired) electrons. The van der Waals surface area contributed by atoms with Crippen molar-refractivity contribution >= 4 is 29.3 Å². The second kappa shape index (κ2) is 7.69. The molecule has 0 spiro atoms. The van der Waals surface area contributed by atoms with Gasteiger partial charge in [0.2, 0.25) is 0 Å². The molecule has 110 valence electrons. The number of hydrogen-bond donors (Lipinski definition) is 3. The highest BCUT2D eigenvalue weighted by molar-refractivity contribution is 6.31. The van der Waals surface area contributed by atoms with Crippen molar-refractivity contribution in [3.05, 3.63) is 29.0 Å². The smallest absolute Gasteiger partial charge is 0.319 e. The summed E-state index contributed by atoms with van der Waals surface area (Å²) >= 11 is 5.59. The fourth-order valence-electron chi connectivity index (χ4n) is 1.61. The Morgan fingerprint density at radius 3 is 2.75 bits per heavy atom. The van der Waals surface area contributed by atoms with E-state index >= 15 is 0 Å². The minimum absolute atomic E-state index is 0.0255. The van der Waals surface area contributed by atoms with Gasteiger partial charge in [-0.15, -0.1) is 0 Å². The molecule has 5 nitrogen and oxygen atoms in total. The Morgan fingerprint density at radius 2 is 2.15 bits per heavy atom. The van der Waals surface area contributed by atoms with E-state index in [1.54, 1.807) is 0 Å². The SMILES string of the molecule is CCC(CNC(=O)Nc1cccc(Cl)c1F)CC(=O)O. The monoisotopic (exact) mass is 302 g/mol. The Bertz CT molecular complexity index is 497. The lowest BCUT2D eigenvalue weighted by molar-refractivity contribution is -0.138. The lowest BCUT2D eigenvalue weighted by Crippen LogP contribution is -2.33. The predicted molar refractivity (Wildman–Crippen MR) is 74.5 cm³/mol. The van der Waals surface area contributed by atoms with Crippen LogP contribution in [0.25, 0.3) is 0 Å². The summed E-state index contributed by atoms with van der Waals surface area (Å²) in [6.07, 6.45) is 0.598. The molecule has 7 heteroatoms. The van der Waals surface area contributed by atoms with Crippen molar-refractivity contribution in [3.63, 3.8) is 0 Å². The molecule has 1 rings (SSSR count). The minimum Gasteiger partial charge on any atom is -0.481 e. The fraction of sp³-hybridized carbons (Fsp3) is 0.385. The van der Waals surface area contributed by atoms with Crippen LogP contribution in [0.3, 0.4) is 0 Å². The molecule has 0 heterocycles. The predicted octanol–water partition coefficient (Wildman–Crippen LogP) is 3.10. The molecule has 0 bridgehead atoms. The number of urea groups is 1. The molecule has 20 heavy (non-hydrogen) atoms. The summed E-state index contributed by atoms with van der Waals surface area (Å²) in [5.41, 5.74) is -0.0266. The van der Waals surface area contributed by atoms with Crippen molar-refractivity contribution in [1.82, 2.24) is 5.32 Å². The first-order valence-electron chi connectivity index (χ1n) is 6.14. The van der Waals surface area contributed by atoms with Crippen LogP contribution in [0.4, 0.5) is 14.9 Å². The number of carbonyl (C=O) groups excluding carboxylic acids is 1. The topological polar surface area (TPSA) is 78.4 Å². The number of aliphatic carboxylic acids is 1. The molecule has 2 amide bonds. The number of amides is 2. The molecule has 0 saturated carbocycles. The average molecular weight is 303 g/mol. The van der Waals surface area contributed by atoms with Crippen molar-refractivity contribution in [1.29, 1.82) is 0 Å². The zero-order chi connectivity index (χ0) is 15.1. The van der Waals surface area contributed by atoms with Crippen LogP contribution in [0.15, 0.2) is 18.2 Å². The number of carboxylic acids is 1. The maximum absolute atomic E-state index is 13.5. The van der Waals surface area contributed by atoms with Crippen LogP contribution in [0, 0.1) is 11.7 Å². The number of benzene rings is 1. The van der Waals surface area contributed by atoms with E-state index in [1.165, 1.54) is 18.2 Å². The number of hydrogen-bond acceptors (Lipinski definition) is 2. The van der Waals surface area contributed by atoms with E-state index in [2.05, 4.69) is 10.6 Å². The van der Waals surface area contributed by atoms with Gasteiger partial charge in [-0.2, -0.15) is 0 Å². The van der Waals surface area contributed by atoms with Crippen molar-refractivity contribution in [2.45, 2.75) is 19.8 Å². The summed E-state index contributed by atoms with van der Waals surface area (Å²) in [5, 5.41) is 13.4. The average Bonchev–Trinajstić information content (AvgIpc) is 2.39. The van der Waals surface area contributed by atoms with E-state index < -0.39 is 17.8 Å². The highest BCUT2D eigenvalue weighted by Crippen LogP contribution is 2.21. The quantitative estimate of drug-likeness (QED) is 0.755. The van der Waals surface area contributed by atoms with Gasteiger partial charge in [0, 0.05) is 13.0 Å². The van der Waals surface area contributed by atoms with Gasteiger partial charge >= 0.3 is 12.0 Å². The van der Waals surface area contributed by atoms with Crippen LogP contribution in [-0.4, -0.2) is 23.7 Å². The first-order chi connectivity index (χ1) is 9.43. The molecular formula is C13H16ClFN2O3. The van der Waals surface area contributed by atoms with Crippen LogP contribution in [-0.2, 0) is 4.79 Å². The van der Waals surface area contributed by atoms with Gasteiger partial charge < -0.3 is 15.7 Å². The molecular weight excluding hydrogens is 287 g/mol. The van der Waals surface area contributed by atoms with Gasteiger partial charge in [-0.1, -0.05) is 31.0 Å². The highest BCUT2D eigenvalue weighted by atomic mass is 35.5. The van der Waals surface area contributed by atoms with E-state index in [0.717, 1.165) is 0 Å². The number of carbonyl (C=O) groups is 2. The summed E-state index contributed by atoms with van der Waals surface area (Å²) in [6.45, 7) is 2.04. The van der Waals surface area contributed by atoms with Gasteiger partial charge in [-0.3, -0.25) is 4.79 Å². The molecule has 1 unspecified atom stereocenters. The van der Waals surface area contributed by atoms with Crippen LogP contribution >= 0.6 is 11.6 Å². The zero-order valence-corrected chi connectivity index (χ0v) is 11.7. The summed E-state index contributed by atoms with van der Waals surface area (Å²) in [6, 6.07) is 3.67. The fourth-order valence-corrected chi connectivity index (χ4v) is 1.79. The molecule has 0 saturated heterocycles. The summed E-state index contributed by atoms with van der Waals surface area (Å²) in [4.78, 5) is 22.2. The van der Waals surface area contributed by atoms with E-state index in [-0.39, 0.29) is 29.6 Å². The number of carboxylic acid groups (broad SMARTS) is 1. The zero-order valence-electron chi connectivity index (χ0n) is 11.0. The van der Waals surface area contributed by atoms with E-state index in [1.807, 2.05) is 6.92 Å². The van der Waals surface area contributed by atoms with Crippen molar-refractivity contribution in [3.8, 4) is 0 Å². The van der Waals surface area contributed by atoms with Crippen LogP contribution in [0.5, 0.6) is 0 Å². The van der Waals surface area contributed by atoms with Gasteiger partial charge in [-0.05, 0) is 18.1 Å². The third-order valence-corrected chi connectivity index (χ3v) is 3.08. The third kappa shape index (κ3) is 5.05. The Kier molecular flexibility index (Phi) is 6.24. The summed E-state index contributed by atoms with van der Waals surface area (Å²) < 4.78 is 13.5. The Labute approximate surface area is 121 Å². The normalized spacial score (nSPS) is 11.8. The highest BCUT2D eigenvalue weighted by Gasteiger charge is 2.14. The maximum Gasteiger partial charge on any atom is 0.319 e. The molecule has 1 atom stereocenters. The van der Waals surface area contributed by atoms with Gasteiger partial charge in [0.15, 0.2) is 5.82 Å². The van der Waals surface area contributed by atoms with Crippen LogP contribution < -0.4 is 10.6 Å². The molecule has 1 aromatic carbocycles. The van der Waals surface area contributed by atoms with Crippen molar-refractivity contribution in [2.75, 3.05) is 11.9 Å². The lowest BCUT2D eigenvalue weighted by atomic mass is 10.0. The number of anilines is 1.